The van der Waals surface area contributed by atoms with Gasteiger partial charge in [0.15, 0.2) is 5.17 Å². The van der Waals surface area contributed by atoms with E-state index in [0.717, 1.165) is 11.3 Å². The number of halogens is 1. The van der Waals surface area contributed by atoms with Crippen LogP contribution in [0.1, 0.15) is 18.9 Å². The smallest absolute Gasteiger partial charge is 0.238 e. The fourth-order valence-corrected chi connectivity index (χ4v) is 4.87. The van der Waals surface area contributed by atoms with Crippen molar-refractivity contribution >= 4 is 40.1 Å². The summed E-state index contributed by atoms with van der Waals surface area (Å²) in [6, 6.07) is 20.4. The summed E-state index contributed by atoms with van der Waals surface area (Å²) in [6.45, 7) is 2.85. The van der Waals surface area contributed by atoms with Gasteiger partial charge in [0.05, 0.1) is 19.4 Å². The van der Waals surface area contributed by atoms with E-state index in [2.05, 4.69) is 10.3 Å². The van der Waals surface area contributed by atoms with Gasteiger partial charge in [-0.3, -0.25) is 14.5 Å². The molecule has 9 heteroatoms. The second kappa shape index (κ2) is 12.4. The van der Waals surface area contributed by atoms with Crippen molar-refractivity contribution in [3.8, 4) is 11.5 Å². The molecule has 192 valence electrons. The average Bonchev–Trinajstić information content (AvgIpc) is 2.91. The highest BCUT2D eigenvalue weighted by Crippen LogP contribution is 2.30. The highest BCUT2D eigenvalue weighted by Gasteiger charge is 2.35. The van der Waals surface area contributed by atoms with Crippen molar-refractivity contribution in [2.24, 2.45) is 4.99 Å². The maximum Gasteiger partial charge on any atom is 0.238 e. The summed E-state index contributed by atoms with van der Waals surface area (Å²) in [7, 11) is 1.61. The number of benzene rings is 3. The number of methoxy groups -OCH3 is 1. The molecular weight excluding hydrogens is 493 g/mol. The Bertz CT molecular complexity index is 1250. The first-order valence-electron chi connectivity index (χ1n) is 11.9. The molecule has 4 rings (SSSR count). The van der Waals surface area contributed by atoms with Crippen molar-refractivity contribution in [2.75, 3.05) is 25.6 Å². The van der Waals surface area contributed by atoms with Crippen LogP contribution < -0.4 is 14.8 Å². The Morgan fingerprint density at radius 3 is 2.38 bits per heavy atom. The minimum atomic E-state index is -0.657. The quantitative estimate of drug-likeness (QED) is 0.406. The van der Waals surface area contributed by atoms with Crippen LogP contribution in [0.2, 0.25) is 0 Å². The van der Waals surface area contributed by atoms with Crippen LogP contribution in [0.15, 0.2) is 77.8 Å². The zero-order valence-corrected chi connectivity index (χ0v) is 21.5. The lowest BCUT2D eigenvalue weighted by Crippen LogP contribution is -2.46. The maximum atomic E-state index is 13.4. The molecule has 1 N–H and O–H groups in total. The third-order valence-corrected chi connectivity index (χ3v) is 6.89. The van der Waals surface area contributed by atoms with Gasteiger partial charge in [0.1, 0.15) is 22.6 Å². The molecule has 1 aliphatic rings. The van der Waals surface area contributed by atoms with Crippen molar-refractivity contribution in [1.82, 2.24) is 4.90 Å². The summed E-state index contributed by atoms with van der Waals surface area (Å²) >= 11 is 1.23. The Hall–Kier alpha value is -3.85. The number of amides is 2. The van der Waals surface area contributed by atoms with Crippen LogP contribution in [-0.2, 0) is 16.0 Å². The van der Waals surface area contributed by atoms with Gasteiger partial charge in [-0.05, 0) is 79.6 Å². The van der Waals surface area contributed by atoms with Crippen molar-refractivity contribution in [3.63, 3.8) is 0 Å². The number of ether oxygens (including phenoxy) is 2. The normalized spacial score (nSPS) is 16.5. The van der Waals surface area contributed by atoms with Gasteiger partial charge >= 0.3 is 0 Å². The van der Waals surface area contributed by atoms with Crippen molar-refractivity contribution in [3.05, 3.63) is 84.2 Å². The Balaban J connectivity index is 1.50. The number of carbonyl (C=O) groups is 2. The third kappa shape index (κ3) is 7.10. The van der Waals surface area contributed by atoms with Gasteiger partial charge in [0.25, 0.3) is 0 Å². The van der Waals surface area contributed by atoms with Gasteiger partial charge in [0, 0.05) is 18.7 Å². The summed E-state index contributed by atoms with van der Waals surface area (Å²) in [5.41, 5.74) is 2.15. The number of hydrogen-bond donors (Lipinski definition) is 1. The van der Waals surface area contributed by atoms with E-state index in [-0.39, 0.29) is 24.1 Å². The predicted molar refractivity (Wildman–Crippen MR) is 144 cm³/mol. The largest absolute Gasteiger partial charge is 0.497 e. The summed E-state index contributed by atoms with van der Waals surface area (Å²) in [4.78, 5) is 32.5. The Morgan fingerprint density at radius 2 is 1.73 bits per heavy atom. The highest BCUT2D eigenvalue weighted by molar-refractivity contribution is 8.15. The lowest BCUT2D eigenvalue weighted by Gasteiger charge is -2.32. The molecular formula is C28H28FN3O4S. The number of nitrogens with one attached hydrogen (secondary N) is 1. The Kier molecular flexibility index (Phi) is 8.79. The molecule has 1 unspecified atom stereocenters. The summed E-state index contributed by atoms with van der Waals surface area (Å²) < 4.78 is 24.1. The first-order valence-corrected chi connectivity index (χ1v) is 12.8. The van der Waals surface area contributed by atoms with Crippen molar-refractivity contribution < 1.29 is 23.5 Å². The van der Waals surface area contributed by atoms with E-state index in [0.29, 0.717) is 41.9 Å². The van der Waals surface area contributed by atoms with Crippen LogP contribution in [-0.4, -0.2) is 47.4 Å². The molecule has 2 amide bonds. The maximum absolute atomic E-state index is 13.4. The fraction of sp³-hybridized carbons (Fsp3) is 0.250. The minimum Gasteiger partial charge on any atom is -0.497 e. The van der Waals surface area contributed by atoms with E-state index in [1.54, 1.807) is 48.4 Å². The zero-order valence-electron chi connectivity index (χ0n) is 20.6. The first kappa shape index (κ1) is 26.2. The van der Waals surface area contributed by atoms with E-state index in [9.17, 15) is 14.0 Å². The Labute approximate surface area is 219 Å². The number of rotatable bonds is 9. The second-order valence-corrected chi connectivity index (χ2v) is 9.44. The van der Waals surface area contributed by atoms with E-state index in [1.165, 1.54) is 23.9 Å². The molecule has 0 aliphatic carbocycles. The number of carbonyl (C=O) groups excluding carboxylic acids is 2. The van der Waals surface area contributed by atoms with Gasteiger partial charge in [-0.1, -0.05) is 23.9 Å². The van der Waals surface area contributed by atoms with Crippen LogP contribution in [0.3, 0.4) is 0 Å². The molecule has 0 spiro atoms. The molecule has 0 bridgehead atoms. The van der Waals surface area contributed by atoms with Crippen LogP contribution in [0, 0.1) is 5.82 Å². The molecule has 1 aliphatic heterocycles. The number of thioether (sulfide) groups is 1. The van der Waals surface area contributed by atoms with Gasteiger partial charge in [-0.2, -0.15) is 0 Å². The monoisotopic (exact) mass is 521 g/mol. The number of amidine groups is 1. The highest BCUT2D eigenvalue weighted by atomic mass is 32.2. The fourth-order valence-electron chi connectivity index (χ4n) is 3.74. The van der Waals surface area contributed by atoms with Crippen LogP contribution in [0.5, 0.6) is 11.5 Å². The number of nitrogens with zero attached hydrogens (tertiary/aromatic N) is 2. The molecule has 3 aromatic carbocycles. The molecule has 7 nitrogen and oxygen atoms in total. The molecule has 1 fully saturated rings. The molecule has 0 radical (unpaired) electrons. The van der Waals surface area contributed by atoms with Crippen LogP contribution in [0.25, 0.3) is 0 Å². The number of hydrogen-bond acceptors (Lipinski definition) is 6. The van der Waals surface area contributed by atoms with E-state index >= 15 is 0 Å². The summed E-state index contributed by atoms with van der Waals surface area (Å²) in [6.07, 6.45) is 0.639. The van der Waals surface area contributed by atoms with Crippen LogP contribution >= 0.6 is 11.8 Å². The van der Waals surface area contributed by atoms with Gasteiger partial charge in [-0.15, -0.1) is 0 Å². The Morgan fingerprint density at radius 1 is 1.05 bits per heavy atom. The number of anilines is 1. The second-order valence-electron chi connectivity index (χ2n) is 8.27. The molecule has 3 aromatic rings. The molecule has 1 atom stereocenters. The van der Waals surface area contributed by atoms with E-state index < -0.39 is 5.25 Å². The third-order valence-electron chi connectivity index (χ3n) is 5.70. The van der Waals surface area contributed by atoms with Crippen LogP contribution in [0.4, 0.5) is 15.8 Å². The predicted octanol–water partition coefficient (Wildman–Crippen LogP) is 5.44. The van der Waals surface area contributed by atoms with E-state index in [1.807, 2.05) is 31.2 Å². The molecule has 37 heavy (non-hydrogen) atoms. The first-order chi connectivity index (χ1) is 17.9. The van der Waals surface area contributed by atoms with Gasteiger partial charge < -0.3 is 14.8 Å². The lowest BCUT2D eigenvalue weighted by atomic mass is 10.1. The average molecular weight is 522 g/mol. The number of aliphatic imine (C=N–C) groups is 1. The molecule has 1 heterocycles. The van der Waals surface area contributed by atoms with Gasteiger partial charge in [0.2, 0.25) is 11.8 Å². The zero-order chi connectivity index (χ0) is 26.2. The summed E-state index contributed by atoms with van der Waals surface area (Å²) in [5.74, 6) is 0.613. The SMILES string of the molecule is CCOc1ccc(NC(=O)C2CC(=O)N(CCc3ccc(OC)cc3)C(=Nc3ccc(F)cc3)S2)cc1. The van der Waals surface area contributed by atoms with Gasteiger partial charge in [-0.25, -0.2) is 9.38 Å². The molecule has 1 saturated heterocycles. The van der Waals surface area contributed by atoms with Crippen molar-refractivity contribution in [1.29, 1.82) is 0 Å². The lowest BCUT2D eigenvalue weighted by molar-refractivity contribution is -0.129. The summed E-state index contributed by atoms with van der Waals surface area (Å²) in [5, 5.41) is 2.62. The molecule has 0 saturated carbocycles. The topological polar surface area (TPSA) is 80.2 Å². The van der Waals surface area contributed by atoms with Crippen molar-refractivity contribution in [2.45, 2.75) is 25.0 Å². The minimum absolute atomic E-state index is 0.0403. The van der Waals surface area contributed by atoms with E-state index in [4.69, 9.17) is 9.47 Å². The molecule has 0 aromatic heterocycles. The standard InChI is InChI=1S/C28H28FN3O4S/c1-3-36-24-14-10-21(11-15-24)30-27(34)25-18-26(33)32(17-16-19-4-12-23(35-2)13-5-19)28(37-25)31-22-8-6-20(29)7-9-22/h4-15,25H,3,16-18H2,1-2H3,(H,30,34).